The van der Waals surface area contributed by atoms with Gasteiger partial charge in [0.15, 0.2) is 5.11 Å². The van der Waals surface area contributed by atoms with Crippen LogP contribution in [-0.4, -0.2) is 26.8 Å². The molecule has 0 bridgehead atoms. The minimum absolute atomic E-state index is 0.528. The smallest absolute Gasteiger partial charge is 0.173 e. The van der Waals surface area contributed by atoms with Crippen molar-refractivity contribution in [3.05, 3.63) is 44.6 Å². The molecule has 1 aromatic heterocycles. The van der Waals surface area contributed by atoms with Gasteiger partial charge in [0.2, 0.25) is 0 Å². The van der Waals surface area contributed by atoms with Gasteiger partial charge in [0.25, 0.3) is 0 Å². The van der Waals surface area contributed by atoms with Gasteiger partial charge in [-0.2, -0.15) is 5.10 Å². The van der Waals surface area contributed by atoms with E-state index >= 15 is 0 Å². The number of aryl methyl sites for hydroxylation is 1. The van der Waals surface area contributed by atoms with E-state index in [9.17, 15) is 0 Å². The predicted molar refractivity (Wildman–Crippen MR) is 95.1 cm³/mol. The lowest BCUT2D eigenvalue weighted by atomic mass is 10.3. The highest BCUT2D eigenvalue weighted by atomic mass is 79.9. The van der Waals surface area contributed by atoms with Crippen molar-refractivity contribution >= 4 is 62.1 Å². The van der Waals surface area contributed by atoms with Crippen LogP contribution in [0, 0.1) is 0 Å². The zero-order chi connectivity index (χ0) is 15.6. The van der Waals surface area contributed by atoms with Crippen molar-refractivity contribution in [1.29, 1.82) is 0 Å². The number of thiocarbonyl (C=S) groups is 1. The summed E-state index contributed by atoms with van der Waals surface area (Å²) >= 11 is 20.9. The lowest BCUT2D eigenvalue weighted by molar-refractivity contribution is 0.481. The molecule has 2 rings (SSSR count). The number of nitrogens with one attached hydrogen (secondary N) is 1. The molecule has 0 radical (unpaired) electrons. The topological polar surface area (TPSA) is 33.1 Å². The van der Waals surface area contributed by atoms with Gasteiger partial charge in [0.05, 0.1) is 33.6 Å². The molecule has 0 aliphatic heterocycles. The third-order valence-corrected chi connectivity index (χ3v) is 4.54. The van der Waals surface area contributed by atoms with E-state index in [0.29, 0.717) is 21.7 Å². The Bertz CT molecular complexity index is 655. The second-order valence-electron chi connectivity index (χ2n) is 4.47. The van der Waals surface area contributed by atoms with Crippen molar-refractivity contribution in [1.82, 2.24) is 14.7 Å². The van der Waals surface area contributed by atoms with Gasteiger partial charge < -0.3 is 10.2 Å². The summed E-state index contributed by atoms with van der Waals surface area (Å²) in [6, 6.07) is 5.23. The van der Waals surface area contributed by atoms with Crippen molar-refractivity contribution in [2.45, 2.75) is 6.54 Å². The standard InChI is InChI=1S/C13H13BrCl2N4S/c1-19(7-12-9(14)6-17-20(12)2)13(21)18-11-4-3-8(15)5-10(11)16/h3-6H,7H2,1-2H3,(H,18,21). The van der Waals surface area contributed by atoms with Crippen molar-refractivity contribution in [3.63, 3.8) is 0 Å². The van der Waals surface area contributed by atoms with E-state index in [-0.39, 0.29) is 0 Å². The Morgan fingerprint density at radius 3 is 2.76 bits per heavy atom. The molecule has 0 saturated heterocycles. The summed E-state index contributed by atoms with van der Waals surface area (Å²) in [5.41, 5.74) is 1.76. The van der Waals surface area contributed by atoms with E-state index in [1.165, 1.54) is 0 Å². The first kappa shape index (κ1) is 16.5. The van der Waals surface area contributed by atoms with Crippen LogP contribution in [0.1, 0.15) is 5.69 Å². The fourth-order valence-electron chi connectivity index (χ4n) is 1.71. The number of anilines is 1. The van der Waals surface area contributed by atoms with Crippen molar-refractivity contribution in [2.75, 3.05) is 12.4 Å². The SMILES string of the molecule is CN(Cc1c(Br)cnn1C)C(=S)Nc1ccc(Cl)cc1Cl. The average Bonchev–Trinajstić information content (AvgIpc) is 2.73. The number of hydrogen-bond acceptors (Lipinski definition) is 2. The fraction of sp³-hybridized carbons (Fsp3) is 0.231. The molecule has 0 aliphatic carbocycles. The van der Waals surface area contributed by atoms with Crippen LogP contribution in [0.5, 0.6) is 0 Å². The largest absolute Gasteiger partial charge is 0.346 e. The molecule has 0 unspecified atom stereocenters. The van der Waals surface area contributed by atoms with Gasteiger partial charge in [0.1, 0.15) is 0 Å². The molecule has 0 aliphatic rings. The molecular weight excluding hydrogens is 395 g/mol. The minimum Gasteiger partial charge on any atom is -0.346 e. The van der Waals surface area contributed by atoms with E-state index in [4.69, 9.17) is 35.4 Å². The third-order valence-electron chi connectivity index (χ3n) is 2.92. The summed E-state index contributed by atoms with van der Waals surface area (Å²) in [7, 11) is 3.79. The van der Waals surface area contributed by atoms with Crippen LogP contribution in [0.15, 0.2) is 28.9 Å². The van der Waals surface area contributed by atoms with Gasteiger partial charge in [-0.3, -0.25) is 4.68 Å². The van der Waals surface area contributed by atoms with E-state index < -0.39 is 0 Å². The Morgan fingerprint density at radius 2 is 2.19 bits per heavy atom. The number of nitrogens with zero attached hydrogens (tertiary/aromatic N) is 3. The minimum atomic E-state index is 0.528. The molecule has 1 aromatic carbocycles. The molecule has 2 aromatic rings. The van der Waals surface area contributed by atoms with Gasteiger partial charge in [-0.1, -0.05) is 23.2 Å². The highest BCUT2D eigenvalue weighted by Crippen LogP contribution is 2.26. The number of hydrogen-bond donors (Lipinski definition) is 1. The molecule has 1 N–H and O–H groups in total. The Balaban J connectivity index is 2.06. The Kier molecular flexibility index (Phi) is 5.48. The Labute approximate surface area is 147 Å². The van der Waals surface area contributed by atoms with Gasteiger partial charge in [-0.15, -0.1) is 0 Å². The second-order valence-corrected chi connectivity index (χ2v) is 6.56. The summed E-state index contributed by atoms with van der Waals surface area (Å²) in [4.78, 5) is 1.90. The molecule has 0 saturated carbocycles. The average molecular weight is 408 g/mol. The molecule has 21 heavy (non-hydrogen) atoms. The molecule has 1 heterocycles. The highest BCUT2D eigenvalue weighted by Gasteiger charge is 2.12. The molecule has 112 valence electrons. The first-order valence-corrected chi connectivity index (χ1v) is 7.97. The van der Waals surface area contributed by atoms with Gasteiger partial charge in [0, 0.05) is 19.1 Å². The van der Waals surface area contributed by atoms with Gasteiger partial charge in [-0.25, -0.2) is 0 Å². The molecule has 8 heteroatoms. The zero-order valence-electron chi connectivity index (χ0n) is 11.4. The Morgan fingerprint density at radius 1 is 1.48 bits per heavy atom. The number of benzene rings is 1. The summed E-state index contributed by atoms with van der Waals surface area (Å²) in [6.07, 6.45) is 1.76. The molecule has 0 amide bonds. The number of aromatic nitrogens is 2. The monoisotopic (exact) mass is 406 g/mol. The quantitative estimate of drug-likeness (QED) is 0.768. The molecule has 0 spiro atoms. The van der Waals surface area contributed by atoms with E-state index in [2.05, 4.69) is 26.3 Å². The summed E-state index contributed by atoms with van der Waals surface area (Å²) in [6.45, 7) is 0.619. The normalized spacial score (nSPS) is 10.5. The van der Waals surface area contributed by atoms with Crippen molar-refractivity contribution < 1.29 is 0 Å². The lowest BCUT2D eigenvalue weighted by Gasteiger charge is -2.21. The van der Waals surface area contributed by atoms with Crippen molar-refractivity contribution in [3.8, 4) is 0 Å². The molecule has 0 fully saturated rings. The first-order valence-electron chi connectivity index (χ1n) is 6.02. The van der Waals surface area contributed by atoms with Crippen LogP contribution in [0.4, 0.5) is 5.69 Å². The summed E-state index contributed by atoms with van der Waals surface area (Å²) in [5, 5.41) is 8.97. The van der Waals surface area contributed by atoms with Crippen LogP contribution >= 0.6 is 51.3 Å². The molecular formula is C13H13BrCl2N4S. The van der Waals surface area contributed by atoms with Crippen LogP contribution in [0.3, 0.4) is 0 Å². The van der Waals surface area contributed by atoms with Crippen molar-refractivity contribution in [2.24, 2.45) is 7.05 Å². The maximum absolute atomic E-state index is 6.12. The van der Waals surface area contributed by atoms with Crippen LogP contribution in [0.25, 0.3) is 0 Å². The van der Waals surface area contributed by atoms with Gasteiger partial charge >= 0.3 is 0 Å². The predicted octanol–water partition coefficient (Wildman–Crippen LogP) is 4.32. The molecule has 4 nitrogen and oxygen atoms in total. The third kappa shape index (κ3) is 4.10. The first-order chi connectivity index (χ1) is 9.88. The number of halogens is 3. The van der Waals surface area contributed by atoms with Crippen LogP contribution < -0.4 is 5.32 Å². The van der Waals surface area contributed by atoms with Crippen LogP contribution in [0.2, 0.25) is 10.0 Å². The maximum Gasteiger partial charge on any atom is 0.173 e. The maximum atomic E-state index is 6.12. The zero-order valence-corrected chi connectivity index (χ0v) is 15.3. The number of rotatable bonds is 3. The Hall–Kier alpha value is -0.820. The van der Waals surface area contributed by atoms with E-state index in [0.717, 1.165) is 15.9 Å². The summed E-state index contributed by atoms with van der Waals surface area (Å²) < 4.78 is 2.75. The molecule has 0 atom stereocenters. The second kappa shape index (κ2) is 6.96. The van der Waals surface area contributed by atoms with E-state index in [1.54, 1.807) is 29.1 Å². The van der Waals surface area contributed by atoms with E-state index in [1.807, 2.05) is 19.0 Å². The summed E-state index contributed by atoms with van der Waals surface area (Å²) in [5.74, 6) is 0. The van der Waals surface area contributed by atoms with Gasteiger partial charge in [-0.05, 0) is 46.3 Å². The lowest BCUT2D eigenvalue weighted by Crippen LogP contribution is -2.31. The van der Waals surface area contributed by atoms with Crippen LogP contribution in [-0.2, 0) is 13.6 Å². The highest BCUT2D eigenvalue weighted by molar-refractivity contribution is 9.10. The fourth-order valence-corrected chi connectivity index (χ4v) is 2.82.